The zero-order valence-corrected chi connectivity index (χ0v) is 24.5. The Bertz CT molecular complexity index is 2610. The lowest BCUT2D eigenvalue weighted by molar-refractivity contribution is 1.19. The summed E-state index contributed by atoms with van der Waals surface area (Å²) in [6, 6.07) is 54.1. The van der Waals surface area contributed by atoms with Gasteiger partial charge in [0.25, 0.3) is 0 Å². The highest BCUT2D eigenvalue weighted by molar-refractivity contribution is 7.24. The summed E-state index contributed by atoms with van der Waals surface area (Å²) in [4.78, 5) is 10.2. The Morgan fingerprint density at radius 1 is 0.455 bits per heavy atom. The van der Waals surface area contributed by atoms with E-state index in [1.165, 1.54) is 26.0 Å². The van der Waals surface area contributed by atoms with Crippen LogP contribution in [0.2, 0.25) is 0 Å². The van der Waals surface area contributed by atoms with Crippen LogP contribution in [0.3, 0.4) is 0 Å². The highest BCUT2D eigenvalue weighted by atomic mass is 32.1. The van der Waals surface area contributed by atoms with Crippen molar-refractivity contribution in [1.82, 2.24) is 14.5 Å². The number of aromatic nitrogens is 3. The van der Waals surface area contributed by atoms with Gasteiger partial charge < -0.3 is 4.57 Å². The molecule has 1 aromatic heterocycles. The van der Waals surface area contributed by atoms with Gasteiger partial charge in [0.15, 0.2) is 5.65 Å². The van der Waals surface area contributed by atoms with Crippen molar-refractivity contribution in [2.24, 2.45) is 0 Å². The molecule has 0 spiro atoms. The molecule has 44 heavy (non-hydrogen) atoms. The number of rotatable bonds is 1. The smallest absolute Gasteiger partial charge is 0.160 e. The van der Waals surface area contributed by atoms with Crippen molar-refractivity contribution in [3.63, 3.8) is 0 Å². The quantitative estimate of drug-likeness (QED) is 0.181. The molecule has 0 saturated heterocycles. The van der Waals surface area contributed by atoms with Crippen LogP contribution in [0.15, 0.2) is 152 Å². The fourth-order valence-electron chi connectivity index (χ4n) is 6.21. The van der Waals surface area contributed by atoms with Crippen LogP contribution < -0.4 is 0 Å². The second-order valence-corrected chi connectivity index (χ2v) is 12.2. The highest BCUT2D eigenvalue weighted by Crippen LogP contribution is 2.35. The van der Waals surface area contributed by atoms with Crippen LogP contribution >= 0.6 is 11.3 Å². The van der Waals surface area contributed by atoms with E-state index in [0.29, 0.717) is 5.65 Å². The van der Waals surface area contributed by atoms with Gasteiger partial charge in [-0.05, 0) is 76.1 Å². The van der Waals surface area contributed by atoms with E-state index in [1.807, 2.05) is 17.4 Å². The predicted octanol–water partition coefficient (Wildman–Crippen LogP) is 11.0. The standard InChI is InChI=1S/C40H25N3S/c1-2-9-26(10-3-1)34-25-35-31-14-6-11-27(21-31)30-19-20-39-37(24-30)43(36-17-4-5-18-38(36)44-39)33-16-8-13-29(23-33)28-12-7-15-32(22-28)40(41-34)42-35/h1-25H. The molecule has 0 fully saturated rings. The molecule has 3 heterocycles. The van der Waals surface area contributed by atoms with E-state index in [4.69, 9.17) is 9.97 Å². The third-order valence-electron chi connectivity index (χ3n) is 8.37. The maximum atomic E-state index is 5.15. The molecule has 0 unspecified atom stereocenters. The number of nitrogens with zero attached hydrogens (tertiary/aromatic N) is 3. The van der Waals surface area contributed by atoms with Crippen molar-refractivity contribution < 1.29 is 0 Å². The molecule has 6 aromatic carbocycles. The predicted molar refractivity (Wildman–Crippen MR) is 187 cm³/mol. The molecule has 0 amide bonds. The van der Waals surface area contributed by atoms with Gasteiger partial charge in [-0.25, -0.2) is 9.97 Å². The third kappa shape index (κ3) is 4.19. The molecule has 0 saturated carbocycles. The largest absolute Gasteiger partial charge is 0.308 e. The number of hydrogen-bond donors (Lipinski definition) is 0. The lowest BCUT2D eigenvalue weighted by Crippen LogP contribution is -1.99. The Morgan fingerprint density at radius 3 is 2.00 bits per heavy atom. The Hall–Kier alpha value is -5.58. The fraction of sp³-hybridized carbons (Fsp3) is 0. The molecular formula is C40H25N3S. The minimum absolute atomic E-state index is 0.713. The van der Waals surface area contributed by atoms with Gasteiger partial charge in [-0.2, -0.15) is 0 Å². The molecule has 0 aliphatic carbocycles. The minimum atomic E-state index is 0.713. The molecule has 2 aliphatic heterocycles. The number of hydrogen-bond acceptors (Lipinski definition) is 3. The van der Waals surface area contributed by atoms with E-state index in [0.717, 1.165) is 49.2 Å². The van der Waals surface area contributed by atoms with Crippen molar-refractivity contribution in [2.75, 3.05) is 0 Å². The Morgan fingerprint density at radius 2 is 1.14 bits per heavy atom. The van der Waals surface area contributed by atoms with Crippen molar-refractivity contribution in [3.8, 4) is 16.9 Å². The summed E-state index contributed by atoms with van der Waals surface area (Å²) in [5.41, 5.74) is 7.10. The molecular weight excluding hydrogens is 555 g/mol. The number of benzene rings is 6. The molecule has 9 rings (SSSR count). The number of para-hydroxylation sites is 1. The average molecular weight is 580 g/mol. The monoisotopic (exact) mass is 579 g/mol. The Balaban J connectivity index is 1.52. The molecule has 0 N–H and O–H groups in total. The summed E-state index contributed by atoms with van der Waals surface area (Å²) >= 11 is 1.83. The van der Waals surface area contributed by atoms with E-state index in [1.54, 1.807) is 0 Å². The van der Waals surface area contributed by atoms with E-state index in [-0.39, 0.29) is 0 Å². The fourth-order valence-corrected chi connectivity index (χ4v) is 7.25. The first-order valence-electron chi connectivity index (χ1n) is 14.7. The molecule has 206 valence electrons. The molecule has 0 atom stereocenters. The normalized spacial score (nSPS) is 11.6. The van der Waals surface area contributed by atoms with Crippen molar-refractivity contribution in [2.45, 2.75) is 0 Å². The summed E-state index contributed by atoms with van der Waals surface area (Å²) in [7, 11) is 0. The van der Waals surface area contributed by atoms with Crippen molar-refractivity contribution in [3.05, 3.63) is 152 Å². The summed E-state index contributed by atoms with van der Waals surface area (Å²) in [5.74, 6) is 0. The summed E-state index contributed by atoms with van der Waals surface area (Å²) in [5, 5.41) is 6.64. The van der Waals surface area contributed by atoms with Gasteiger partial charge in [0, 0.05) is 21.9 Å². The van der Waals surface area contributed by atoms with Crippen molar-refractivity contribution in [1.29, 1.82) is 0 Å². The molecule has 0 radical (unpaired) electrons. The van der Waals surface area contributed by atoms with E-state index < -0.39 is 0 Å². The Kier molecular flexibility index (Phi) is 5.68. The maximum Gasteiger partial charge on any atom is 0.160 e. The second-order valence-electron chi connectivity index (χ2n) is 11.1. The first-order chi connectivity index (χ1) is 21.8. The van der Waals surface area contributed by atoms with Crippen LogP contribution in [0.5, 0.6) is 0 Å². The molecule has 7 aromatic rings. The topological polar surface area (TPSA) is 30.7 Å². The molecule has 10 bridgehead atoms. The van der Waals surface area contributed by atoms with Gasteiger partial charge in [-0.15, -0.1) is 11.3 Å². The SMILES string of the molecule is c1ccc(-c2cc3nc(n2)c2cccc(c2)c2cccc(c2)n2c4ccccc4sc4ccc(cc4-2)c2cccc3c2)cc1. The van der Waals surface area contributed by atoms with Gasteiger partial charge in [-0.3, -0.25) is 0 Å². The zero-order chi connectivity index (χ0) is 29.0. The van der Waals surface area contributed by atoms with Crippen LogP contribution in [0.4, 0.5) is 0 Å². The summed E-state index contributed by atoms with van der Waals surface area (Å²) in [6.07, 6.45) is 0. The van der Waals surface area contributed by atoms with E-state index >= 15 is 0 Å². The third-order valence-corrected chi connectivity index (χ3v) is 9.50. The van der Waals surface area contributed by atoms with Crippen LogP contribution in [0.1, 0.15) is 0 Å². The lowest BCUT2D eigenvalue weighted by Gasteiger charge is -2.17. The van der Waals surface area contributed by atoms with Gasteiger partial charge >= 0.3 is 0 Å². The number of fused-ring (bicyclic) bond motifs is 16. The first-order valence-corrected chi connectivity index (χ1v) is 15.6. The van der Waals surface area contributed by atoms with E-state index in [9.17, 15) is 0 Å². The minimum Gasteiger partial charge on any atom is -0.308 e. The highest BCUT2D eigenvalue weighted by Gasteiger charge is 2.11. The lowest BCUT2D eigenvalue weighted by atomic mass is 10.1. The molecule has 2 aliphatic rings. The second kappa shape index (κ2) is 10.0. The van der Waals surface area contributed by atoms with E-state index in [2.05, 4.69) is 150 Å². The Labute approximate surface area is 257 Å². The van der Waals surface area contributed by atoms with Gasteiger partial charge in [0.1, 0.15) is 0 Å². The molecule has 4 heteroatoms. The summed E-state index contributed by atoms with van der Waals surface area (Å²) < 4.78 is 4.90. The van der Waals surface area contributed by atoms with Crippen LogP contribution in [0, 0.1) is 0 Å². The van der Waals surface area contributed by atoms with Crippen molar-refractivity contribution >= 4 is 75.3 Å². The van der Waals surface area contributed by atoms with Crippen LogP contribution in [-0.4, -0.2) is 14.5 Å². The molecule has 3 nitrogen and oxygen atoms in total. The van der Waals surface area contributed by atoms with Crippen LogP contribution in [-0.2, 0) is 0 Å². The van der Waals surface area contributed by atoms with Crippen LogP contribution in [0.25, 0.3) is 80.9 Å². The van der Waals surface area contributed by atoms with Gasteiger partial charge in [0.05, 0.1) is 31.8 Å². The maximum absolute atomic E-state index is 5.15. The van der Waals surface area contributed by atoms with Gasteiger partial charge in [0.2, 0.25) is 0 Å². The first kappa shape index (κ1) is 25.0. The average Bonchev–Trinajstić information content (AvgIpc) is 3.10. The zero-order valence-electron chi connectivity index (χ0n) is 23.7. The summed E-state index contributed by atoms with van der Waals surface area (Å²) in [6.45, 7) is 0. The van der Waals surface area contributed by atoms with Gasteiger partial charge in [-0.1, -0.05) is 97.1 Å².